The Morgan fingerprint density at radius 1 is 0.947 bits per heavy atom. The van der Waals surface area contributed by atoms with Gasteiger partial charge in [0, 0.05) is 10.0 Å². The predicted octanol–water partition coefficient (Wildman–Crippen LogP) is 4.02. The van der Waals surface area contributed by atoms with Crippen LogP contribution in [0.15, 0.2) is 18.2 Å². The van der Waals surface area contributed by atoms with Gasteiger partial charge in [-0.05, 0) is 36.7 Å². The molecule has 0 saturated carbocycles. The average molecular weight is 321 g/mol. The largest absolute Gasteiger partial charge is 0.464 e. The van der Waals surface area contributed by atoms with Crippen LogP contribution in [0.1, 0.15) is 6.92 Å². The highest BCUT2D eigenvalue weighted by molar-refractivity contribution is 6.34. The van der Waals surface area contributed by atoms with Gasteiger partial charge in [-0.3, -0.25) is 0 Å². The summed E-state index contributed by atoms with van der Waals surface area (Å²) in [5.41, 5.74) is 0. The Bertz CT molecular complexity index is 575. The van der Waals surface area contributed by atoms with E-state index in [4.69, 9.17) is 44.3 Å². The van der Waals surface area contributed by atoms with E-state index in [1.165, 1.54) is 0 Å². The summed E-state index contributed by atoms with van der Waals surface area (Å²) in [7, 11) is 0. The van der Waals surface area contributed by atoms with E-state index in [2.05, 4.69) is 15.0 Å². The molecule has 2 aromatic rings. The van der Waals surface area contributed by atoms with Gasteiger partial charge in [0.05, 0.1) is 6.61 Å². The molecule has 1 heterocycles. The van der Waals surface area contributed by atoms with Gasteiger partial charge in [-0.1, -0.05) is 23.2 Å². The Hall–Kier alpha value is -1.30. The van der Waals surface area contributed by atoms with E-state index in [1.54, 1.807) is 25.1 Å². The van der Waals surface area contributed by atoms with Crippen LogP contribution in [0, 0.1) is 0 Å². The third kappa shape index (κ3) is 4.09. The molecular formula is C11H8Cl3N3O2. The second-order valence-corrected chi connectivity index (χ2v) is 4.52. The maximum absolute atomic E-state index is 5.86. The van der Waals surface area contributed by atoms with Crippen LogP contribution in [0.2, 0.25) is 15.3 Å². The maximum Gasteiger partial charge on any atom is 0.329 e. The van der Waals surface area contributed by atoms with Crippen LogP contribution in [0.4, 0.5) is 0 Å². The molecule has 0 bridgehead atoms. The summed E-state index contributed by atoms with van der Waals surface area (Å²) in [6, 6.07) is 4.83. The van der Waals surface area contributed by atoms with E-state index in [9.17, 15) is 0 Å². The molecule has 8 heteroatoms. The second kappa shape index (κ2) is 6.23. The monoisotopic (exact) mass is 319 g/mol. The van der Waals surface area contributed by atoms with E-state index in [1.807, 2.05) is 0 Å². The van der Waals surface area contributed by atoms with Gasteiger partial charge in [0.1, 0.15) is 5.75 Å². The Morgan fingerprint density at radius 3 is 2.21 bits per heavy atom. The Kier molecular flexibility index (Phi) is 4.63. The molecule has 0 fully saturated rings. The van der Waals surface area contributed by atoms with Crippen molar-refractivity contribution in [2.45, 2.75) is 6.92 Å². The highest BCUT2D eigenvalue weighted by Gasteiger charge is 2.09. The Balaban J connectivity index is 2.27. The fraction of sp³-hybridized carbons (Fsp3) is 0.182. The molecule has 0 N–H and O–H groups in total. The van der Waals surface area contributed by atoms with Crippen molar-refractivity contribution in [3.05, 3.63) is 33.5 Å². The Labute approximate surface area is 124 Å². The number of hydrogen-bond donors (Lipinski definition) is 0. The van der Waals surface area contributed by atoms with Crippen molar-refractivity contribution in [1.82, 2.24) is 15.0 Å². The van der Waals surface area contributed by atoms with Crippen LogP contribution in [-0.4, -0.2) is 21.6 Å². The lowest BCUT2D eigenvalue weighted by molar-refractivity contribution is 0.303. The van der Waals surface area contributed by atoms with E-state index in [-0.39, 0.29) is 17.3 Å². The zero-order valence-electron chi connectivity index (χ0n) is 9.73. The third-order valence-corrected chi connectivity index (χ3v) is 2.49. The molecule has 1 aromatic heterocycles. The SMILES string of the molecule is CCOc1nc(Cl)nc(Oc2cc(Cl)cc(Cl)c2)n1. The van der Waals surface area contributed by atoms with Crippen molar-refractivity contribution in [3.63, 3.8) is 0 Å². The fourth-order valence-corrected chi connectivity index (χ4v) is 1.90. The summed E-state index contributed by atoms with van der Waals surface area (Å²) in [5, 5.41) is 0.849. The van der Waals surface area contributed by atoms with Gasteiger partial charge in [-0.15, -0.1) is 4.98 Å². The highest BCUT2D eigenvalue weighted by Crippen LogP contribution is 2.27. The quantitative estimate of drug-likeness (QED) is 0.851. The molecule has 0 saturated heterocycles. The lowest BCUT2D eigenvalue weighted by Crippen LogP contribution is -2.01. The summed E-state index contributed by atoms with van der Waals surface area (Å²) >= 11 is 17.5. The number of halogens is 3. The van der Waals surface area contributed by atoms with Gasteiger partial charge in [-0.2, -0.15) is 9.97 Å². The van der Waals surface area contributed by atoms with Crippen molar-refractivity contribution >= 4 is 34.8 Å². The molecule has 0 radical (unpaired) electrons. The van der Waals surface area contributed by atoms with Crippen LogP contribution in [0.3, 0.4) is 0 Å². The summed E-state index contributed by atoms with van der Waals surface area (Å²) in [6.45, 7) is 2.21. The van der Waals surface area contributed by atoms with E-state index >= 15 is 0 Å². The van der Waals surface area contributed by atoms with Gasteiger partial charge >= 0.3 is 12.0 Å². The predicted molar refractivity (Wildman–Crippen MR) is 72.5 cm³/mol. The number of nitrogens with zero attached hydrogens (tertiary/aromatic N) is 3. The molecule has 0 aliphatic heterocycles. The van der Waals surface area contributed by atoms with Crippen molar-refractivity contribution in [3.8, 4) is 17.8 Å². The van der Waals surface area contributed by atoms with E-state index < -0.39 is 0 Å². The topological polar surface area (TPSA) is 57.1 Å². The minimum Gasteiger partial charge on any atom is -0.464 e. The number of aromatic nitrogens is 3. The molecule has 0 unspecified atom stereocenters. The van der Waals surface area contributed by atoms with Crippen LogP contribution < -0.4 is 9.47 Å². The van der Waals surface area contributed by atoms with Crippen LogP contribution in [-0.2, 0) is 0 Å². The van der Waals surface area contributed by atoms with Gasteiger partial charge in [0.25, 0.3) is 0 Å². The van der Waals surface area contributed by atoms with Gasteiger partial charge < -0.3 is 9.47 Å². The van der Waals surface area contributed by atoms with E-state index in [0.29, 0.717) is 22.4 Å². The molecule has 0 atom stereocenters. The number of benzene rings is 1. The molecule has 1 aromatic carbocycles. The minimum atomic E-state index is -0.0263. The highest BCUT2D eigenvalue weighted by atomic mass is 35.5. The third-order valence-electron chi connectivity index (χ3n) is 1.89. The number of ether oxygens (including phenoxy) is 2. The van der Waals surface area contributed by atoms with Crippen molar-refractivity contribution < 1.29 is 9.47 Å². The molecule has 5 nitrogen and oxygen atoms in total. The van der Waals surface area contributed by atoms with Crippen molar-refractivity contribution in [2.24, 2.45) is 0 Å². The van der Waals surface area contributed by atoms with Crippen LogP contribution >= 0.6 is 34.8 Å². The molecule has 2 rings (SSSR count). The van der Waals surface area contributed by atoms with Crippen molar-refractivity contribution in [1.29, 1.82) is 0 Å². The zero-order chi connectivity index (χ0) is 13.8. The van der Waals surface area contributed by atoms with Gasteiger partial charge in [-0.25, -0.2) is 0 Å². The lowest BCUT2D eigenvalue weighted by atomic mass is 10.3. The van der Waals surface area contributed by atoms with Crippen molar-refractivity contribution in [2.75, 3.05) is 6.61 Å². The molecule has 0 amide bonds. The first-order valence-corrected chi connectivity index (χ1v) is 6.38. The van der Waals surface area contributed by atoms with Crippen LogP contribution in [0.25, 0.3) is 0 Å². The normalized spacial score (nSPS) is 10.3. The molecule has 100 valence electrons. The smallest absolute Gasteiger partial charge is 0.329 e. The first kappa shape index (κ1) is 14.1. The summed E-state index contributed by atoms with van der Waals surface area (Å²) in [5.74, 6) is 0.391. The zero-order valence-corrected chi connectivity index (χ0v) is 12.0. The minimum absolute atomic E-state index is 0.00165. The standard InChI is InChI=1S/C11H8Cl3N3O2/c1-2-18-10-15-9(14)16-11(17-10)19-8-4-6(12)3-7(13)5-8/h3-5H,2H2,1H3. The van der Waals surface area contributed by atoms with Gasteiger partial charge in [0.2, 0.25) is 5.28 Å². The summed E-state index contributed by atoms with van der Waals surface area (Å²) in [4.78, 5) is 11.6. The summed E-state index contributed by atoms with van der Waals surface area (Å²) < 4.78 is 10.5. The molecule has 0 aliphatic rings. The fourth-order valence-electron chi connectivity index (χ4n) is 1.25. The Morgan fingerprint density at radius 2 is 1.58 bits per heavy atom. The maximum atomic E-state index is 5.86. The first-order chi connectivity index (χ1) is 9.06. The molecule has 19 heavy (non-hydrogen) atoms. The first-order valence-electron chi connectivity index (χ1n) is 5.25. The number of rotatable bonds is 4. The summed E-state index contributed by atoms with van der Waals surface area (Å²) in [6.07, 6.45) is 0. The van der Waals surface area contributed by atoms with Crippen LogP contribution in [0.5, 0.6) is 17.8 Å². The second-order valence-electron chi connectivity index (χ2n) is 3.31. The van der Waals surface area contributed by atoms with E-state index in [0.717, 1.165) is 0 Å². The molecule has 0 spiro atoms. The number of hydrogen-bond acceptors (Lipinski definition) is 5. The average Bonchev–Trinajstić information content (AvgIpc) is 2.26. The lowest BCUT2D eigenvalue weighted by Gasteiger charge is -2.06. The molecule has 0 aliphatic carbocycles. The molecular weight excluding hydrogens is 312 g/mol. The van der Waals surface area contributed by atoms with Gasteiger partial charge in [0.15, 0.2) is 0 Å².